The first kappa shape index (κ1) is 20.9. The van der Waals surface area contributed by atoms with Crippen LogP contribution in [0.25, 0.3) is 0 Å². The molecule has 0 spiro atoms. The van der Waals surface area contributed by atoms with Crippen LogP contribution in [0.15, 0.2) is 41.1 Å². The average Bonchev–Trinajstić information content (AvgIpc) is 2.71. The first-order chi connectivity index (χ1) is 13.8. The lowest BCUT2D eigenvalue weighted by Gasteiger charge is -2.36. The number of aromatic nitrogens is 1. The summed E-state index contributed by atoms with van der Waals surface area (Å²) in [6.45, 7) is 2.65. The van der Waals surface area contributed by atoms with Gasteiger partial charge in [-0.2, -0.15) is 0 Å². The van der Waals surface area contributed by atoms with E-state index in [-0.39, 0.29) is 23.9 Å². The van der Waals surface area contributed by atoms with Crippen molar-refractivity contribution in [2.24, 2.45) is 0 Å². The predicted octanol–water partition coefficient (Wildman–Crippen LogP) is 2.69. The lowest BCUT2D eigenvalue weighted by molar-refractivity contribution is -0.134. The van der Waals surface area contributed by atoms with E-state index in [1.165, 1.54) is 25.4 Å². The Morgan fingerprint density at radius 3 is 2.45 bits per heavy atom. The van der Waals surface area contributed by atoms with Crippen LogP contribution >= 0.6 is 15.9 Å². The third-order valence-electron chi connectivity index (χ3n) is 4.59. The van der Waals surface area contributed by atoms with Gasteiger partial charge in [0.15, 0.2) is 12.4 Å². The highest BCUT2D eigenvalue weighted by Crippen LogP contribution is 2.22. The van der Waals surface area contributed by atoms with E-state index in [1.54, 1.807) is 23.1 Å². The third-order valence-corrected chi connectivity index (χ3v) is 5.03. The Balaban J connectivity index is 1.52. The smallest absolute Gasteiger partial charge is 0.340 e. The van der Waals surface area contributed by atoms with Gasteiger partial charge in [0.2, 0.25) is 0 Å². The highest BCUT2D eigenvalue weighted by Gasteiger charge is 2.24. The number of pyridine rings is 1. The molecule has 29 heavy (non-hydrogen) atoms. The number of benzene rings is 1. The molecule has 0 unspecified atom stereocenters. The molecule has 1 fully saturated rings. The van der Waals surface area contributed by atoms with Crippen LogP contribution in [0.2, 0.25) is 0 Å². The minimum atomic E-state index is -0.626. The van der Waals surface area contributed by atoms with Crippen molar-refractivity contribution in [1.29, 1.82) is 0 Å². The van der Waals surface area contributed by atoms with Crippen LogP contribution in [0.4, 0.5) is 10.1 Å². The van der Waals surface area contributed by atoms with E-state index in [2.05, 4.69) is 20.9 Å². The van der Waals surface area contributed by atoms with Gasteiger partial charge in [0.05, 0.1) is 11.3 Å². The minimum absolute atomic E-state index is 0.195. The highest BCUT2D eigenvalue weighted by atomic mass is 79.9. The number of Topliss-reactive ketones (excluding diaryl/α,β-unsaturated/α-hetero) is 1. The van der Waals surface area contributed by atoms with E-state index < -0.39 is 11.8 Å². The molecule has 0 atom stereocenters. The van der Waals surface area contributed by atoms with Gasteiger partial charge in [-0.1, -0.05) is 0 Å². The third kappa shape index (κ3) is 5.17. The number of halogens is 2. The number of carbonyl (C=O) groups is 3. The molecule has 152 valence electrons. The van der Waals surface area contributed by atoms with Gasteiger partial charge in [-0.15, -0.1) is 0 Å². The van der Waals surface area contributed by atoms with E-state index in [0.717, 1.165) is 0 Å². The molecule has 0 saturated carbocycles. The number of nitrogens with zero attached hydrogens (tertiary/aromatic N) is 3. The zero-order chi connectivity index (χ0) is 21.0. The molecule has 7 nitrogen and oxygen atoms in total. The zero-order valence-corrected chi connectivity index (χ0v) is 17.3. The Kier molecular flexibility index (Phi) is 6.58. The number of anilines is 1. The number of hydrogen-bond acceptors (Lipinski definition) is 6. The highest BCUT2D eigenvalue weighted by molar-refractivity contribution is 9.10. The van der Waals surface area contributed by atoms with Crippen molar-refractivity contribution in [3.8, 4) is 0 Å². The maximum absolute atomic E-state index is 14.3. The second-order valence-corrected chi connectivity index (χ2v) is 7.47. The van der Waals surface area contributed by atoms with E-state index in [4.69, 9.17) is 4.74 Å². The van der Waals surface area contributed by atoms with E-state index in [0.29, 0.717) is 41.9 Å². The van der Waals surface area contributed by atoms with E-state index in [1.807, 2.05) is 4.90 Å². The van der Waals surface area contributed by atoms with Crippen LogP contribution in [-0.4, -0.2) is 60.3 Å². The van der Waals surface area contributed by atoms with Gasteiger partial charge in [0, 0.05) is 48.6 Å². The van der Waals surface area contributed by atoms with Crippen LogP contribution in [0.3, 0.4) is 0 Å². The Hall–Kier alpha value is -2.81. The quantitative estimate of drug-likeness (QED) is 0.500. The second-order valence-electron chi connectivity index (χ2n) is 6.56. The Labute approximate surface area is 175 Å². The molecule has 3 rings (SSSR count). The van der Waals surface area contributed by atoms with Gasteiger partial charge >= 0.3 is 5.97 Å². The van der Waals surface area contributed by atoms with E-state index in [9.17, 15) is 18.8 Å². The SMILES string of the molecule is CC(=O)c1ccc(N2CCN(C(=O)COC(=O)c3cncc(Br)c3)CC2)c(F)c1. The normalized spacial score (nSPS) is 13.9. The van der Waals surface area contributed by atoms with Crippen LogP contribution in [0.5, 0.6) is 0 Å². The molecule has 0 N–H and O–H groups in total. The van der Waals surface area contributed by atoms with Crippen molar-refractivity contribution >= 4 is 39.3 Å². The summed E-state index contributed by atoms with van der Waals surface area (Å²) < 4.78 is 20.0. The largest absolute Gasteiger partial charge is 0.452 e. The van der Waals surface area contributed by atoms with Crippen molar-refractivity contribution in [2.75, 3.05) is 37.7 Å². The average molecular weight is 464 g/mol. The number of amides is 1. The van der Waals surface area contributed by atoms with Gasteiger partial charge in [0.1, 0.15) is 5.82 Å². The molecule has 2 heterocycles. The number of hydrogen-bond donors (Lipinski definition) is 0. The summed E-state index contributed by atoms with van der Waals surface area (Å²) in [7, 11) is 0. The number of carbonyl (C=O) groups excluding carboxylic acids is 3. The first-order valence-corrected chi connectivity index (χ1v) is 9.75. The zero-order valence-electron chi connectivity index (χ0n) is 15.7. The molecule has 1 saturated heterocycles. The standard InChI is InChI=1S/C20H19BrFN3O4/c1-13(26)14-2-3-18(17(22)9-14)24-4-6-25(7-5-24)19(27)12-29-20(28)15-8-16(21)11-23-10-15/h2-3,8-11H,4-7,12H2,1H3. The number of piperazine rings is 1. The fourth-order valence-electron chi connectivity index (χ4n) is 3.00. The van der Waals surface area contributed by atoms with Gasteiger partial charge in [-0.05, 0) is 47.1 Å². The molecular weight excluding hydrogens is 445 g/mol. The molecule has 0 radical (unpaired) electrons. The van der Waals surface area contributed by atoms with Crippen LogP contribution < -0.4 is 4.90 Å². The van der Waals surface area contributed by atoms with Crippen molar-refractivity contribution in [1.82, 2.24) is 9.88 Å². The topological polar surface area (TPSA) is 79.8 Å². The molecular formula is C20H19BrFN3O4. The predicted molar refractivity (Wildman–Crippen MR) is 107 cm³/mol. The number of esters is 1. The van der Waals surface area contributed by atoms with Crippen LogP contribution in [-0.2, 0) is 9.53 Å². The molecule has 9 heteroatoms. The van der Waals surface area contributed by atoms with Crippen LogP contribution in [0, 0.1) is 5.82 Å². The molecule has 0 aliphatic carbocycles. The lowest BCUT2D eigenvalue weighted by Crippen LogP contribution is -2.50. The number of rotatable bonds is 5. The molecule has 1 aromatic heterocycles. The second kappa shape index (κ2) is 9.13. The number of ether oxygens (including phenoxy) is 1. The van der Waals surface area contributed by atoms with Gasteiger partial charge in [-0.25, -0.2) is 9.18 Å². The van der Waals surface area contributed by atoms with Crippen molar-refractivity contribution in [3.63, 3.8) is 0 Å². The number of ketones is 1. The van der Waals surface area contributed by atoms with Gasteiger partial charge in [-0.3, -0.25) is 14.6 Å². The van der Waals surface area contributed by atoms with E-state index >= 15 is 0 Å². The summed E-state index contributed by atoms with van der Waals surface area (Å²) in [5.41, 5.74) is 0.972. The molecule has 1 aliphatic rings. The van der Waals surface area contributed by atoms with Gasteiger partial charge < -0.3 is 14.5 Å². The summed E-state index contributed by atoms with van der Waals surface area (Å²) in [5.74, 6) is -1.60. The lowest BCUT2D eigenvalue weighted by atomic mass is 10.1. The summed E-state index contributed by atoms with van der Waals surface area (Å²) in [4.78, 5) is 43.0. The Morgan fingerprint density at radius 1 is 1.10 bits per heavy atom. The molecule has 1 amide bonds. The maximum Gasteiger partial charge on any atom is 0.340 e. The summed E-state index contributed by atoms with van der Waals surface area (Å²) in [6.07, 6.45) is 2.90. The Morgan fingerprint density at radius 2 is 1.83 bits per heavy atom. The summed E-state index contributed by atoms with van der Waals surface area (Å²) in [6, 6.07) is 5.96. The fourth-order valence-corrected chi connectivity index (χ4v) is 3.37. The maximum atomic E-state index is 14.3. The summed E-state index contributed by atoms with van der Waals surface area (Å²) in [5, 5.41) is 0. The van der Waals surface area contributed by atoms with Crippen molar-refractivity contribution < 1.29 is 23.5 Å². The first-order valence-electron chi connectivity index (χ1n) is 8.96. The Bertz CT molecular complexity index is 945. The van der Waals surface area contributed by atoms with Crippen molar-refractivity contribution in [3.05, 3.63) is 58.1 Å². The molecule has 1 aromatic carbocycles. The fraction of sp³-hybridized carbons (Fsp3) is 0.300. The minimum Gasteiger partial charge on any atom is -0.452 e. The molecule has 0 bridgehead atoms. The molecule has 1 aliphatic heterocycles. The molecule has 2 aromatic rings. The van der Waals surface area contributed by atoms with Gasteiger partial charge in [0.25, 0.3) is 5.91 Å². The monoisotopic (exact) mass is 463 g/mol. The van der Waals surface area contributed by atoms with Crippen LogP contribution in [0.1, 0.15) is 27.6 Å². The van der Waals surface area contributed by atoms with Crippen molar-refractivity contribution in [2.45, 2.75) is 6.92 Å². The summed E-state index contributed by atoms with van der Waals surface area (Å²) >= 11 is 3.22.